The van der Waals surface area contributed by atoms with Gasteiger partial charge in [0.15, 0.2) is 0 Å². The summed E-state index contributed by atoms with van der Waals surface area (Å²) in [6.45, 7) is 4.87. The van der Waals surface area contributed by atoms with Crippen molar-refractivity contribution in [2.45, 2.75) is 18.9 Å². The average molecular weight is 314 g/mol. The van der Waals surface area contributed by atoms with E-state index in [2.05, 4.69) is 11.9 Å². The molecule has 5 heteroatoms. The first kappa shape index (κ1) is 16.6. The first-order chi connectivity index (χ1) is 10.3. The van der Waals surface area contributed by atoms with Crippen LogP contribution >= 0.6 is 11.6 Å². The van der Waals surface area contributed by atoms with Crippen LogP contribution in [-0.4, -0.2) is 57.6 Å². The third-order valence-electron chi connectivity index (χ3n) is 3.50. The summed E-state index contributed by atoms with van der Waals surface area (Å²) in [7, 11) is 2.12. The van der Waals surface area contributed by atoms with Gasteiger partial charge in [-0.3, -0.25) is 0 Å². The largest absolute Gasteiger partial charge is 0.492 e. The number of para-hydroxylation sites is 1. The van der Waals surface area contributed by atoms with Crippen LogP contribution < -0.4 is 4.74 Å². The zero-order valence-electron chi connectivity index (χ0n) is 12.6. The van der Waals surface area contributed by atoms with Crippen LogP contribution in [0.2, 0.25) is 5.02 Å². The van der Waals surface area contributed by atoms with Gasteiger partial charge < -0.3 is 19.1 Å². The molecular weight excluding hydrogens is 290 g/mol. The predicted octanol–water partition coefficient (Wildman–Crippen LogP) is 2.85. The number of halogens is 1. The molecule has 1 aromatic rings. The number of ether oxygens (including phenoxy) is 3. The van der Waals surface area contributed by atoms with Gasteiger partial charge in [0, 0.05) is 13.1 Å². The van der Waals surface area contributed by atoms with Crippen molar-refractivity contribution in [3.8, 4) is 5.75 Å². The fourth-order valence-electron chi connectivity index (χ4n) is 2.26. The molecule has 1 aliphatic heterocycles. The van der Waals surface area contributed by atoms with E-state index in [0.29, 0.717) is 11.6 Å². The van der Waals surface area contributed by atoms with E-state index in [9.17, 15) is 0 Å². The Kier molecular flexibility index (Phi) is 7.30. The molecule has 0 radical (unpaired) electrons. The third kappa shape index (κ3) is 6.22. The lowest BCUT2D eigenvalue weighted by atomic mass is 10.2. The number of benzene rings is 1. The standard InChI is InChI=1S/C16H24ClNO3/c1-18(9-7-14-13-19-11-12-20-14)8-4-10-21-16-6-3-2-5-15(16)17/h2-3,5-6,14H,4,7-13H2,1H3. The Labute approximate surface area is 131 Å². The predicted molar refractivity (Wildman–Crippen MR) is 84.2 cm³/mol. The van der Waals surface area contributed by atoms with E-state index in [1.54, 1.807) is 0 Å². The van der Waals surface area contributed by atoms with Crippen molar-refractivity contribution in [2.24, 2.45) is 0 Å². The van der Waals surface area contributed by atoms with Crippen molar-refractivity contribution in [3.05, 3.63) is 29.3 Å². The van der Waals surface area contributed by atoms with E-state index in [1.165, 1.54) is 0 Å². The molecule has 1 saturated heterocycles. The monoisotopic (exact) mass is 313 g/mol. The molecule has 1 heterocycles. The van der Waals surface area contributed by atoms with Crippen LogP contribution in [0.1, 0.15) is 12.8 Å². The van der Waals surface area contributed by atoms with E-state index in [0.717, 1.165) is 51.5 Å². The Balaban J connectivity index is 1.54. The van der Waals surface area contributed by atoms with Crippen LogP contribution in [0.25, 0.3) is 0 Å². The Hall–Kier alpha value is -0.810. The van der Waals surface area contributed by atoms with Crippen LogP contribution in [0.3, 0.4) is 0 Å². The minimum atomic E-state index is 0.251. The molecule has 0 saturated carbocycles. The van der Waals surface area contributed by atoms with Crippen molar-refractivity contribution in [3.63, 3.8) is 0 Å². The third-order valence-corrected chi connectivity index (χ3v) is 3.81. The van der Waals surface area contributed by atoms with Gasteiger partial charge in [0.1, 0.15) is 5.75 Å². The van der Waals surface area contributed by atoms with Gasteiger partial charge in [0.05, 0.1) is 37.6 Å². The van der Waals surface area contributed by atoms with Crippen LogP contribution in [0.4, 0.5) is 0 Å². The van der Waals surface area contributed by atoms with Gasteiger partial charge in [-0.15, -0.1) is 0 Å². The maximum Gasteiger partial charge on any atom is 0.137 e. The van der Waals surface area contributed by atoms with Crippen molar-refractivity contribution < 1.29 is 14.2 Å². The maximum atomic E-state index is 6.04. The minimum absolute atomic E-state index is 0.251. The summed E-state index contributed by atoms with van der Waals surface area (Å²) in [6.07, 6.45) is 2.24. The summed E-state index contributed by atoms with van der Waals surface area (Å²) in [5, 5.41) is 0.667. The lowest BCUT2D eigenvalue weighted by Crippen LogP contribution is -2.32. The Morgan fingerprint density at radius 3 is 2.90 bits per heavy atom. The average Bonchev–Trinajstić information content (AvgIpc) is 2.52. The van der Waals surface area contributed by atoms with E-state index >= 15 is 0 Å². The molecule has 0 aliphatic carbocycles. The second kappa shape index (κ2) is 9.26. The van der Waals surface area contributed by atoms with Gasteiger partial charge in [0.25, 0.3) is 0 Å². The lowest BCUT2D eigenvalue weighted by Gasteiger charge is -2.25. The first-order valence-electron chi connectivity index (χ1n) is 7.51. The molecule has 0 N–H and O–H groups in total. The second-order valence-corrected chi connectivity index (χ2v) is 5.70. The van der Waals surface area contributed by atoms with Crippen LogP contribution in [0, 0.1) is 0 Å². The summed E-state index contributed by atoms with van der Waals surface area (Å²) in [5.41, 5.74) is 0. The van der Waals surface area contributed by atoms with Crippen molar-refractivity contribution in [1.29, 1.82) is 0 Å². The highest BCUT2D eigenvalue weighted by molar-refractivity contribution is 6.32. The summed E-state index contributed by atoms with van der Waals surface area (Å²) < 4.78 is 16.7. The maximum absolute atomic E-state index is 6.04. The molecule has 0 bridgehead atoms. The summed E-state index contributed by atoms with van der Waals surface area (Å²) >= 11 is 6.04. The molecule has 1 fully saturated rings. The molecule has 1 unspecified atom stereocenters. The van der Waals surface area contributed by atoms with Crippen molar-refractivity contribution in [2.75, 3.05) is 46.6 Å². The van der Waals surface area contributed by atoms with E-state index in [-0.39, 0.29) is 6.10 Å². The molecular formula is C16H24ClNO3. The van der Waals surface area contributed by atoms with Crippen LogP contribution in [-0.2, 0) is 9.47 Å². The fraction of sp³-hybridized carbons (Fsp3) is 0.625. The van der Waals surface area contributed by atoms with Gasteiger partial charge in [-0.05, 0) is 32.0 Å². The van der Waals surface area contributed by atoms with Crippen molar-refractivity contribution in [1.82, 2.24) is 4.90 Å². The molecule has 118 valence electrons. The minimum Gasteiger partial charge on any atom is -0.492 e. The summed E-state index contributed by atoms with van der Waals surface area (Å²) in [5.74, 6) is 0.759. The number of nitrogens with zero attached hydrogens (tertiary/aromatic N) is 1. The normalized spacial score (nSPS) is 18.9. The van der Waals surface area contributed by atoms with Gasteiger partial charge in [-0.1, -0.05) is 23.7 Å². The molecule has 21 heavy (non-hydrogen) atoms. The highest BCUT2D eigenvalue weighted by Crippen LogP contribution is 2.23. The SMILES string of the molecule is CN(CCCOc1ccccc1Cl)CCC1COCCO1. The fourth-order valence-corrected chi connectivity index (χ4v) is 2.45. The molecule has 1 atom stereocenters. The highest BCUT2D eigenvalue weighted by atomic mass is 35.5. The molecule has 0 aromatic heterocycles. The lowest BCUT2D eigenvalue weighted by molar-refractivity contribution is -0.0922. The van der Waals surface area contributed by atoms with E-state index < -0.39 is 0 Å². The van der Waals surface area contributed by atoms with E-state index in [1.807, 2.05) is 24.3 Å². The number of hydrogen-bond acceptors (Lipinski definition) is 4. The number of hydrogen-bond donors (Lipinski definition) is 0. The summed E-state index contributed by atoms with van der Waals surface area (Å²) in [4.78, 5) is 2.30. The van der Waals surface area contributed by atoms with Crippen molar-refractivity contribution >= 4 is 11.6 Å². The Morgan fingerprint density at radius 1 is 1.29 bits per heavy atom. The zero-order valence-corrected chi connectivity index (χ0v) is 13.3. The van der Waals surface area contributed by atoms with Gasteiger partial charge in [0.2, 0.25) is 0 Å². The Morgan fingerprint density at radius 2 is 2.14 bits per heavy atom. The first-order valence-corrected chi connectivity index (χ1v) is 7.88. The Bertz CT molecular complexity index is 410. The topological polar surface area (TPSA) is 30.9 Å². The van der Waals surface area contributed by atoms with Crippen LogP contribution in [0.15, 0.2) is 24.3 Å². The van der Waals surface area contributed by atoms with Gasteiger partial charge >= 0.3 is 0 Å². The highest BCUT2D eigenvalue weighted by Gasteiger charge is 2.14. The van der Waals surface area contributed by atoms with E-state index in [4.69, 9.17) is 25.8 Å². The second-order valence-electron chi connectivity index (χ2n) is 5.29. The molecule has 1 aromatic carbocycles. The molecule has 0 amide bonds. The van der Waals surface area contributed by atoms with Gasteiger partial charge in [-0.25, -0.2) is 0 Å². The summed E-state index contributed by atoms with van der Waals surface area (Å²) in [6, 6.07) is 7.57. The number of rotatable bonds is 8. The molecule has 4 nitrogen and oxygen atoms in total. The van der Waals surface area contributed by atoms with Gasteiger partial charge in [-0.2, -0.15) is 0 Å². The molecule has 2 rings (SSSR count). The molecule has 1 aliphatic rings. The quantitative estimate of drug-likeness (QED) is 0.691. The zero-order chi connectivity index (χ0) is 14.9. The van der Waals surface area contributed by atoms with Crippen LogP contribution in [0.5, 0.6) is 5.75 Å². The smallest absolute Gasteiger partial charge is 0.137 e. The molecule has 0 spiro atoms.